The molecule has 1 atom stereocenters. The number of hydrogen-bond donors (Lipinski definition) is 2. The predicted octanol–water partition coefficient (Wildman–Crippen LogP) is 1.56. The van der Waals surface area contributed by atoms with Crippen molar-refractivity contribution in [2.45, 2.75) is 26.3 Å². The number of carbonyl (C=O) groups excluding carboxylic acids is 1. The van der Waals surface area contributed by atoms with Gasteiger partial charge in [-0.15, -0.1) is 0 Å². The van der Waals surface area contributed by atoms with Gasteiger partial charge in [0.15, 0.2) is 11.5 Å². The van der Waals surface area contributed by atoms with Crippen LogP contribution in [0.1, 0.15) is 30.6 Å². The highest BCUT2D eigenvalue weighted by molar-refractivity contribution is 5.97. The summed E-state index contributed by atoms with van der Waals surface area (Å²) in [5, 5.41) is 2.85. The fraction of sp³-hybridized carbons (Fsp3) is 0.533. The van der Waals surface area contributed by atoms with Crippen LogP contribution in [0.25, 0.3) is 0 Å². The Hall–Kier alpha value is -1.75. The van der Waals surface area contributed by atoms with Gasteiger partial charge in [0, 0.05) is 12.6 Å². The Morgan fingerprint density at radius 1 is 1.35 bits per heavy atom. The molecular formula is C15H22N2O3. The van der Waals surface area contributed by atoms with Crippen molar-refractivity contribution in [2.75, 3.05) is 19.8 Å². The molecule has 0 saturated carbocycles. The van der Waals surface area contributed by atoms with Crippen LogP contribution in [0.4, 0.5) is 0 Å². The number of amides is 1. The van der Waals surface area contributed by atoms with Gasteiger partial charge in [0.25, 0.3) is 5.91 Å². The molecule has 110 valence electrons. The van der Waals surface area contributed by atoms with Crippen molar-refractivity contribution in [1.29, 1.82) is 0 Å². The van der Waals surface area contributed by atoms with Crippen molar-refractivity contribution in [3.05, 3.63) is 23.8 Å². The third-order valence-electron chi connectivity index (χ3n) is 3.11. The Kier molecular flexibility index (Phi) is 4.84. The third kappa shape index (κ3) is 3.63. The summed E-state index contributed by atoms with van der Waals surface area (Å²) < 4.78 is 11.0. The quantitative estimate of drug-likeness (QED) is 0.857. The van der Waals surface area contributed by atoms with E-state index in [1.807, 2.05) is 0 Å². The summed E-state index contributed by atoms with van der Waals surface area (Å²) in [6, 6.07) is 5.29. The van der Waals surface area contributed by atoms with Crippen LogP contribution in [0, 0.1) is 5.92 Å². The Morgan fingerprint density at radius 3 is 2.85 bits per heavy atom. The molecule has 0 aliphatic carbocycles. The standard InChI is InChI=1S/C15H22N2O3/c1-10(2)8-11(16)9-17-15(18)12-4-3-5-13-14(12)20-7-6-19-13/h3-5,10-11H,6-9,16H2,1-2H3,(H,17,18). The van der Waals surface area contributed by atoms with Crippen LogP contribution in [0.3, 0.4) is 0 Å². The van der Waals surface area contributed by atoms with Crippen molar-refractivity contribution in [3.8, 4) is 11.5 Å². The van der Waals surface area contributed by atoms with E-state index in [4.69, 9.17) is 15.2 Å². The number of nitrogens with two attached hydrogens (primary N) is 1. The summed E-state index contributed by atoms with van der Waals surface area (Å²) >= 11 is 0. The molecule has 1 unspecified atom stereocenters. The molecule has 0 spiro atoms. The second kappa shape index (κ2) is 6.61. The van der Waals surface area contributed by atoms with Crippen molar-refractivity contribution < 1.29 is 14.3 Å². The molecule has 1 aromatic carbocycles. The first-order valence-electron chi connectivity index (χ1n) is 7.00. The second-order valence-corrected chi connectivity index (χ2v) is 5.43. The minimum Gasteiger partial charge on any atom is -0.486 e. The minimum atomic E-state index is -0.174. The zero-order valence-electron chi connectivity index (χ0n) is 12.0. The number of nitrogens with one attached hydrogen (secondary N) is 1. The number of benzene rings is 1. The lowest BCUT2D eigenvalue weighted by molar-refractivity contribution is 0.0939. The van der Waals surface area contributed by atoms with Crippen molar-refractivity contribution in [3.63, 3.8) is 0 Å². The zero-order valence-corrected chi connectivity index (χ0v) is 12.0. The van der Waals surface area contributed by atoms with Gasteiger partial charge in [0.05, 0.1) is 5.56 Å². The maximum absolute atomic E-state index is 12.2. The number of carbonyl (C=O) groups is 1. The summed E-state index contributed by atoms with van der Waals surface area (Å²) in [5.41, 5.74) is 6.47. The maximum atomic E-state index is 12.2. The number of rotatable bonds is 5. The van der Waals surface area contributed by atoms with E-state index in [1.54, 1.807) is 18.2 Å². The molecule has 1 heterocycles. The molecule has 1 amide bonds. The van der Waals surface area contributed by atoms with Gasteiger partial charge in [0.1, 0.15) is 13.2 Å². The van der Waals surface area contributed by atoms with Crippen LogP contribution in [0.2, 0.25) is 0 Å². The first-order chi connectivity index (χ1) is 9.58. The molecule has 1 aromatic rings. The fourth-order valence-corrected chi connectivity index (χ4v) is 2.26. The van der Waals surface area contributed by atoms with Gasteiger partial charge in [-0.25, -0.2) is 0 Å². The number of para-hydroxylation sites is 1. The van der Waals surface area contributed by atoms with Gasteiger partial charge in [-0.05, 0) is 24.5 Å². The first-order valence-corrected chi connectivity index (χ1v) is 7.00. The highest BCUT2D eigenvalue weighted by atomic mass is 16.6. The van der Waals surface area contributed by atoms with Gasteiger partial charge < -0.3 is 20.5 Å². The van der Waals surface area contributed by atoms with E-state index in [0.717, 1.165) is 6.42 Å². The lowest BCUT2D eigenvalue weighted by atomic mass is 10.0. The van der Waals surface area contributed by atoms with E-state index in [9.17, 15) is 4.79 Å². The normalized spacial score (nSPS) is 15.0. The van der Waals surface area contributed by atoms with E-state index in [0.29, 0.717) is 42.7 Å². The molecule has 0 bridgehead atoms. The number of ether oxygens (including phenoxy) is 2. The molecule has 0 radical (unpaired) electrons. The van der Waals surface area contributed by atoms with Crippen LogP contribution in [0.5, 0.6) is 11.5 Å². The van der Waals surface area contributed by atoms with Crippen molar-refractivity contribution >= 4 is 5.91 Å². The smallest absolute Gasteiger partial charge is 0.255 e. The van der Waals surface area contributed by atoms with Crippen LogP contribution in [0.15, 0.2) is 18.2 Å². The highest BCUT2D eigenvalue weighted by Crippen LogP contribution is 2.33. The molecule has 20 heavy (non-hydrogen) atoms. The lowest BCUT2D eigenvalue weighted by Gasteiger charge is -2.21. The van der Waals surface area contributed by atoms with Crippen molar-refractivity contribution in [1.82, 2.24) is 5.32 Å². The average molecular weight is 278 g/mol. The molecule has 5 nitrogen and oxygen atoms in total. The van der Waals surface area contributed by atoms with Crippen LogP contribution in [-0.2, 0) is 0 Å². The third-order valence-corrected chi connectivity index (χ3v) is 3.11. The zero-order chi connectivity index (χ0) is 14.5. The Bertz CT molecular complexity index is 474. The minimum absolute atomic E-state index is 0.0318. The van der Waals surface area contributed by atoms with E-state index in [2.05, 4.69) is 19.2 Å². The largest absolute Gasteiger partial charge is 0.486 e. The molecule has 5 heteroatoms. The van der Waals surface area contributed by atoms with E-state index >= 15 is 0 Å². The van der Waals surface area contributed by atoms with Gasteiger partial charge >= 0.3 is 0 Å². The summed E-state index contributed by atoms with van der Waals surface area (Å²) in [6.07, 6.45) is 0.882. The SMILES string of the molecule is CC(C)CC(N)CNC(=O)c1cccc2c1OCCO2. The summed E-state index contributed by atoms with van der Waals surface area (Å²) in [4.78, 5) is 12.2. The Morgan fingerprint density at radius 2 is 2.10 bits per heavy atom. The molecule has 0 saturated heterocycles. The maximum Gasteiger partial charge on any atom is 0.255 e. The molecule has 1 aliphatic heterocycles. The average Bonchev–Trinajstić information content (AvgIpc) is 2.43. The predicted molar refractivity (Wildman–Crippen MR) is 77.2 cm³/mol. The molecule has 0 fully saturated rings. The van der Waals surface area contributed by atoms with Crippen LogP contribution < -0.4 is 20.5 Å². The summed E-state index contributed by atoms with van der Waals surface area (Å²) in [7, 11) is 0. The lowest BCUT2D eigenvalue weighted by Crippen LogP contribution is -2.38. The van der Waals surface area contributed by atoms with Crippen LogP contribution >= 0.6 is 0 Å². The van der Waals surface area contributed by atoms with E-state index in [1.165, 1.54) is 0 Å². The summed E-state index contributed by atoms with van der Waals surface area (Å²) in [5.74, 6) is 1.48. The summed E-state index contributed by atoms with van der Waals surface area (Å²) in [6.45, 7) is 5.66. The van der Waals surface area contributed by atoms with E-state index in [-0.39, 0.29) is 11.9 Å². The van der Waals surface area contributed by atoms with Crippen LogP contribution in [-0.4, -0.2) is 31.7 Å². The molecule has 2 rings (SSSR count). The second-order valence-electron chi connectivity index (χ2n) is 5.43. The number of fused-ring (bicyclic) bond motifs is 1. The van der Waals surface area contributed by atoms with Gasteiger partial charge in [-0.1, -0.05) is 19.9 Å². The fourth-order valence-electron chi connectivity index (χ4n) is 2.26. The van der Waals surface area contributed by atoms with Gasteiger partial charge in [-0.3, -0.25) is 4.79 Å². The molecule has 0 aromatic heterocycles. The van der Waals surface area contributed by atoms with Crippen molar-refractivity contribution in [2.24, 2.45) is 11.7 Å². The van der Waals surface area contributed by atoms with Gasteiger partial charge in [0.2, 0.25) is 0 Å². The molecule has 1 aliphatic rings. The molecule has 3 N–H and O–H groups in total. The Labute approximate surface area is 119 Å². The topological polar surface area (TPSA) is 73.6 Å². The Balaban J connectivity index is 1.99. The highest BCUT2D eigenvalue weighted by Gasteiger charge is 2.20. The van der Waals surface area contributed by atoms with Gasteiger partial charge in [-0.2, -0.15) is 0 Å². The molecular weight excluding hydrogens is 256 g/mol. The monoisotopic (exact) mass is 278 g/mol. The number of hydrogen-bond acceptors (Lipinski definition) is 4. The van der Waals surface area contributed by atoms with E-state index < -0.39 is 0 Å². The first kappa shape index (κ1) is 14.7.